The first-order chi connectivity index (χ1) is 12.5. The highest BCUT2D eigenvalue weighted by Gasteiger charge is 2.18. The fraction of sp³-hybridized carbons (Fsp3) is 0.278. The number of hydrogen-bond donors (Lipinski definition) is 1. The highest BCUT2D eigenvalue weighted by Crippen LogP contribution is 2.28. The van der Waals surface area contributed by atoms with Crippen LogP contribution >= 0.6 is 35.0 Å². The minimum Gasteiger partial charge on any atom is -0.324 e. The Labute approximate surface area is 166 Å². The number of halogens is 2. The van der Waals surface area contributed by atoms with Gasteiger partial charge in [-0.2, -0.15) is 5.26 Å². The third kappa shape index (κ3) is 4.49. The van der Waals surface area contributed by atoms with Crippen LogP contribution in [0, 0.1) is 11.3 Å². The normalized spacial score (nSPS) is 13.8. The summed E-state index contributed by atoms with van der Waals surface area (Å²) in [5, 5.41) is 13.6. The van der Waals surface area contributed by atoms with Crippen molar-refractivity contribution in [2.45, 2.75) is 18.0 Å². The van der Waals surface area contributed by atoms with Crippen LogP contribution in [0.4, 0.5) is 5.69 Å². The van der Waals surface area contributed by atoms with Crippen LogP contribution in [-0.2, 0) is 17.8 Å². The molecule has 0 saturated heterocycles. The summed E-state index contributed by atoms with van der Waals surface area (Å²) in [6.07, 6.45) is 0.845. The zero-order valence-corrected chi connectivity index (χ0v) is 16.4. The molecule has 1 amide bonds. The van der Waals surface area contributed by atoms with E-state index in [-0.39, 0.29) is 11.7 Å². The summed E-state index contributed by atoms with van der Waals surface area (Å²) in [6.45, 7) is 1.73. The topological polar surface area (TPSA) is 69.0 Å². The maximum atomic E-state index is 12.2. The summed E-state index contributed by atoms with van der Waals surface area (Å²) in [5.74, 6) is -0.0818. The largest absolute Gasteiger partial charge is 0.324 e. The SMILES string of the molecule is CN1CCc2nc(SCC(=O)Nc3ccc(Cl)cc3Cl)c(C#N)cc2C1. The van der Waals surface area contributed by atoms with Crippen LogP contribution < -0.4 is 5.32 Å². The van der Waals surface area contributed by atoms with Crippen molar-refractivity contribution < 1.29 is 4.79 Å². The Kier molecular flexibility index (Phi) is 6.05. The Bertz CT molecular complexity index is 897. The third-order valence-electron chi connectivity index (χ3n) is 3.99. The molecule has 1 aliphatic rings. The zero-order chi connectivity index (χ0) is 18.7. The average Bonchev–Trinajstić information content (AvgIpc) is 2.61. The number of hydrogen-bond acceptors (Lipinski definition) is 5. The molecule has 0 aliphatic carbocycles. The molecule has 26 heavy (non-hydrogen) atoms. The van der Waals surface area contributed by atoms with Crippen molar-refractivity contribution in [3.63, 3.8) is 0 Å². The molecule has 0 radical (unpaired) electrons. The monoisotopic (exact) mass is 406 g/mol. The molecule has 5 nitrogen and oxygen atoms in total. The van der Waals surface area contributed by atoms with Gasteiger partial charge in [-0.25, -0.2) is 4.98 Å². The number of rotatable bonds is 4. The lowest BCUT2D eigenvalue weighted by Gasteiger charge is -2.24. The quantitative estimate of drug-likeness (QED) is 0.777. The van der Waals surface area contributed by atoms with Crippen molar-refractivity contribution in [2.24, 2.45) is 0 Å². The molecule has 1 aromatic carbocycles. The summed E-state index contributed by atoms with van der Waals surface area (Å²) in [5.41, 5.74) is 3.09. The molecule has 0 saturated carbocycles. The molecule has 0 atom stereocenters. The predicted molar refractivity (Wildman–Crippen MR) is 105 cm³/mol. The second-order valence-electron chi connectivity index (χ2n) is 6.01. The molecular weight excluding hydrogens is 391 g/mol. The van der Waals surface area contributed by atoms with E-state index in [1.54, 1.807) is 18.2 Å². The molecule has 0 unspecified atom stereocenters. The molecule has 3 rings (SSSR count). The molecule has 134 valence electrons. The first-order valence-corrected chi connectivity index (χ1v) is 9.69. The van der Waals surface area contributed by atoms with E-state index in [9.17, 15) is 10.1 Å². The number of benzene rings is 1. The summed E-state index contributed by atoms with van der Waals surface area (Å²) in [6, 6.07) is 8.95. The van der Waals surface area contributed by atoms with Gasteiger partial charge in [0.25, 0.3) is 0 Å². The maximum Gasteiger partial charge on any atom is 0.234 e. The molecule has 0 fully saturated rings. The van der Waals surface area contributed by atoms with Crippen LogP contribution in [0.1, 0.15) is 16.8 Å². The summed E-state index contributed by atoms with van der Waals surface area (Å²) in [4.78, 5) is 19.0. The molecular formula is C18H16Cl2N4OS. The number of pyridine rings is 1. The first kappa shape index (κ1) is 19.0. The van der Waals surface area contributed by atoms with Gasteiger partial charge in [0.2, 0.25) is 5.91 Å². The number of thioether (sulfide) groups is 1. The van der Waals surface area contributed by atoms with E-state index in [4.69, 9.17) is 23.2 Å². The average molecular weight is 407 g/mol. The van der Waals surface area contributed by atoms with Gasteiger partial charge in [0.15, 0.2) is 0 Å². The Hall–Kier alpha value is -1.78. The van der Waals surface area contributed by atoms with Gasteiger partial charge >= 0.3 is 0 Å². The number of nitrogens with one attached hydrogen (secondary N) is 1. The van der Waals surface area contributed by atoms with Crippen LogP contribution in [0.15, 0.2) is 29.3 Å². The molecule has 1 aliphatic heterocycles. The van der Waals surface area contributed by atoms with Gasteiger partial charge in [-0.05, 0) is 36.9 Å². The number of amides is 1. The molecule has 2 aromatic rings. The van der Waals surface area contributed by atoms with E-state index in [0.717, 1.165) is 30.8 Å². The van der Waals surface area contributed by atoms with Crippen molar-refractivity contribution in [1.29, 1.82) is 5.26 Å². The van der Waals surface area contributed by atoms with Crippen LogP contribution in [0.3, 0.4) is 0 Å². The molecule has 2 heterocycles. The molecule has 1 aromatic heterocycles. The van der Waals surface area contributed by atoms with Crippen LogP contribution in [0.25, 0.3) is 0 Å². The van der Waals surface area contributed by atoms with Crippen molar-refractivity contribution in [3.05, 3.63) is 51.1 Å². The lowest BCUT2D eigenvalue weighted by molar-refractivity contribution is -0.113. The van der Waals surface area contributed by atoms with Crippen molar-refractivity contribution >= 4 is 46.6 Å². The standard InChI is InChI=1S/C18H16Cl2N4OS/c1-24-5-4-15-12(9-24)6-11(8-21)18(23-15)26-10-17(25)22-16-3-2-13(19)7-14(16)20/h2-3,6-7H,4-5,9-10H2,1H3,(H,22,25). The van der Waals surface area contributed by atoms with Gasteiger partial charge in [-0.3, -0.25) is 4.79 Å². The minimum absolute atomic E-state index is 0.138. The highest BCUT2D eigenvalue weighted by molar-refractivity contribution is 8.00. The van der Waals surface area contributed by atoms with E-state index in [0.29, 0.717) is 26.3 Å². The molecule has 0 bridgehead atoms. The lowest BCUT2D eigenvalue weighted by Crippen LogP contribution is -2.27. The second-order valence-corrected chi connectivity index (χ2v) is 7.82. The molecule has 1 N–H and O–H groups in total. The van der Waals surface area contributed by atoms with E-state index in [2.05, 4.69) is 21.3 Å². The van der Waals surface area contributed by atoms with Gasteiger partial charge in [0, 0.05) is 30.2 Å². The Morgan fingerprint density at radius 2 is 2.23 bits per heavy atom. The van der Waals surface area contributed by atoms with Gasteiger partial charge < -0.3 is 10.2 Å². The molecule has 0 spiro atoms. The Morgan fingerprint density at radius 3 is 2.96 bits per heavy atom. The number of likely N-dealkylation sites (N-methyl/N-ethyl adjacent to an activating group) is 1. The summed E-state index contributed by atoms with van der Waals surface area (Å²) in [7, 11) is 2.05. The lowest BCUT2D eigenvalue weighted by atomic mass is 10.0. The fourth-order valence-corrected chi connectivity index (χ4v) is 3.93. The minimum atomic E-state index is -0.220. The van der Waals surface area contributed by atoms with E-state index >= 15 is 0 Å². The van der Waals surface area contributed by atoms with Crippen LogP contribution in [0.2, 0.25) is 10.0 Å². The predicted octanol–water partition coefficient (Wildman–Crippen LogP) is 3.98. The number of nitrogens with zero attached hydrogens (tertiary/aromatic N) is 3. The van der Waals surface area contributed by atoms with E-state index < -0.39 is 0 Å². The van der Waals surface area contributed by atoms with Crippen molar-refractivity contribution in [1.82, 2.24) is 9.88 Å². The Morgan fingerprint density at radius 1 is 1.42 bits per heavy atom. The van der Waals surface area contributed by atoms with E-state index in [1.165, 1.54) is 11.8 Å². The summed E-state index contributed by atoms with van der Waals surface area (Å²) >= 11 is 13.2. The first-order valence-electron chi connectivity index (χ1n) is 7.95. The number of nitriles is 1. The maximum absolute atomic E-state index is 12.2. The van der Waals surface area contributed by atoms with E-state index in [1.807, 2.05) is 13.1 Å². The van der Waals surface area contributed by atoms with Gasteiger partial charge in [-0.1, -0.05) is 35.0 Å². The zero-order valence-electron chi connectivity index (χ0n) is 14.1. The molecule has 8 heteroatoms. The number of aromatic nitrogens is 1. The van der Waals surface area contributed by atoms with Gasteiger partial charge in [0.05, 0.1) is 22.0 Å². The third-order valence-corrected chi connectivity index (χ3v) is 5.53. The Balaban J connectivity index is 1.69. The smallest absolute Gasteiger partial charge is 0.234 e. The number of fused-ring (bicyclic) bond motifs is 1. The van der Waals surface area contributed by atoms with Gasteiger partial charge in [0.1, 0.15) is 11.1 Å². The number of anilines is 1. The summed E-state index contributed by atoms with van der Waals surface area (Å²) < 4.78 is 0. The fourth-order valence-electron chi connectivity index (χ4n) is 2.70. The van der Waals surface area contributed by atoms with Crippen molar-refractivity contribution in [2.75, 3.05) is 24.7 Å². The van der Waals surface area contributed by atoms with Crippen LogP contribution in [0.5, 0.6) is 0 Å². The highest BCUT2D eigenvalue weighted by atomic mass is 35.5. The number of carbonyl (C=O) groups excluding carboxylic acids is 1. The van der Waals surface area contributed by atoms with Crippen LogP contribution in [-0.4, -0.2) is 35.1 Å². The second kappa shape index (κ2) is 8.28. The number of carbonyl (C=O) groups is 1. The van der Waals surface area contributed by atoms with Crippen molar-refractivity contribution in [3.8, 4) is 6.07 Å². The van der Waals surface area contributed by atoms with Gasteiger partial charge in [-0.15, -0.1) is 0 Å².